The summed E-state index contributed by atoms with van der Waals surface area (Å²) in [6.45, 7) is 11.1. The summed E-state index contributed by atoms with van der Waals surface area (Å²) in [5.74, 6) is 1.40. The van der Waals surface area contributed by atoms with Crippen LogP contribution in [0.25, 0.3) is 11.4 Å². The van der Waals surface area contributed by atoms with Gasteiger partial charge in [-0.3, -0.25) is 4.79 Å². The summed E-state index contributed by atoms with van der Waals surface area (Å²) in [5, 5.41) is 13.4. The van der Waals surface area contributed by atoms with E-state index in [9.17, 15) is 4.79 Å². The Morgan fingerprint density at radius 2 is 1.93 bits per heavy atom. The SMILES string of the molecule is CCn1c(SCC(=O)NN=C(C)c2ccco2)nnc1-c1ccc(C(C)(C)C)cc1. The Morgan fingerprint density at radius 1 is 1.20 bits per heavy atom. The monoisotopic (exact) mass is 425 g/mol. The third kappa shape index (κ3) is 5.18. The third-order valence-corrected chi connectivity index (χ3v) is 5.57. The molecule has 0 spiro atoms. The number of aromatic nitrogens is 3. The lowest BCUT2D eigenvalue weighted by molar-refractivity contribution is -0.118. The lowest BCUT2D eigenvalue weighted by atomic mass is 9.87. The Bertz CT molecular complexity index is 1010. The van der Waals surface area contributed by atoms with Crippen molar-refractivity contribution in [3.05, 3.63) is 54.0 Å². The Morgan fingerprint density at radius 3 is 2.53 bits per heavy atom. The fourth-order valence-electron chi connectivity index (χ4n) is 2.86. The summed E-state index contributed by atoms with van der Waals surface area (Å²) >= 11 is 1.34. The van der Waals surface area contributed by atoms with Crippen LogP contribution < -0.4 is 5.43 Å². The number of nitrogens with one attached hydrogen (secondary N) is 1. The van der Waals surface area contributed by atoms with E-state index in [0.29, 0.717) is 23.2 Å². The highest BCUT2D eigenvalue weighted by atomic mass is 32.2. The second-order valence-electron chi connectivity index (χ2n) is 7.88. The van der Waals surface area contributed by atoms with Gasteiger partial charge in [0.25, 0.3) is 5.91 Å². The lowest BCUT2D eigenvalue weighted by Crippen LogP contribution is -2.21. The molecular formula is C22H27N5O2S. The molecule has 1 N–H and O–H groups in total. The van der Waals surface area contributed by atoms with E-state index < -0.39 is 0 Å². The van der Waals surface area contributed by atoms with E-state index in [1.54, 1.807) is 25.3 Å². The van der Waals surface area contributed by atoms with Gasteiger partial charge in [-0.2, -0.15) is 5.10 Å². The first kappa shape index (κ1) is 21.8. The van der Waals surface area contributed by atoms with Crippen molar-refractivity contribution in [1.82, 2.24) is 20.2 Å². The van der Waals surface area contributed by atoms with Crippen molar-refractivity contribution in [2.75, 3.05) is 5.75 Å². The van der Waals surface area contributed by atoms with Crippen LogP contribution in [0.4, 0.5) is 0 Å². The van der Waals surface area contributed by atoms with E-state index in [2.05, 4.69) is 65.8 Å². The molecule has 0 atom stereocenters. The number of hydrazone groups is 1. The molecular weight excluding hydrogens is 398 g/mol. The average molecular weight is 426 g/mol. The number of carbonyl (C=O) groups excluding carboxylic acids is 1. The Balaban J connectivity index is 1.66. The van der Waals surface area contributed by atoms with Crippen LogP contribution in [0, 0.1) is 0 Å². The standard InChI is InChI=1S/C22H27N5O2S/c1-6-27-20(16-9-11-17(12-10-16)22(3,4)5)25-26-21(27)30-14-19(28)24-23-15(2)18-8-7-13-29-18/h7-13H,6,14H2,1-5H3,(H,24,28). The molecule has 0 unspecified atom stereocenters. The Hall–Kier alpha value is -2.87. The summed E-state index contributed by atoms with van der Waals surface area (Å²) in [5.41, 5.74) is 5.53. The van der Waals surface area contributed by atoms with Gasteiger partial charge in [0.1, 0.15) is 11.5 Å². The topological polar surface area (TPSA) is 85.3 Å². The van der Waals surface area contributed by atoms with Gasteiger partial charge < -0.3 is 8.98 Å². The van der Waals surface area contributed by atoms with Crippen molar-refractivity contribution < 1.29 is 9.21 Å². The van der Waals surface area contributed by atoms with Gasteiger partial charge in [0.15, 0.2) is 11.0 Å². The van der Waals surface area contributed by atoms with Crippen molar-refractivity contribution in [1.29, 1.82) is 0 Å². The molecule has 8 heteroatoms. The fourth-order valence-corrected chi connectivity index (χ4v) is 3.66. The molecule has 0 saturated carbocycles. The molecule has 0 saturated heterocycles. The second kappa shape index (κ2) is 9.30. The van der Waals surface area contributed by atoms with Gasteiger partial charge in [-0.15, -0.1) is 10.2 Å². The minimum atomic E-state index is -0.215. The number of hydrogen-bond donors (Lipinski definition) is 1. The van der Waals surface area contributed by atoms with Crippen LogP contribution in [0.5, 0.6) is 0 Å². The number of benzene rings is 1. The van der Waals surface area contributed by atoms with E-state index in [4.69, 9.17) is 4.42 Å². The van der Waals surface area contributed by atoms with E-state index in [-0.39, 0.29) is 17.1 Å². The highest BCUT2D eigenvalue weighted by Crippen LogP contribution is 2.27. The zero-order valence-corrected chi connectivity index (χ0v) is 18.8. The van der Waals surface area contributed by atoms with Crippen molar-refractivity contribution in [3.63, 3.8) is 0 Å². The number of rotatable bonds is 7. The predicted octanol–water partition coefficient (Wildman–Crippen LogP) is 4.49. The van der Waals surface area contributed by atoms with E-state index in [1.165, 1.54) is 17.3 Å². The number of amides is 1. The first-order valence-electron chi connectivity index (χ1n) is 9.83. The number of thioether (sulfide) groups is 1. The normalized spacial score (nSPS) is 12.2. The number of hydrogen-bond acceptors (Lipinski definition) is 6. The predicted molar refractivity (Wildman–Crippen MR) is 120 cm³/mol. The van der Waals surface area contributed by atoms with Crippen LogP contribution in [0.1, 0.15) is 45.9 Å². The first-order chi connectivity index (χ1) is 14.3. The van der Waals surface area contributed by atoms with Crippen LogP contribution in [-0.2, 0) is 16.8 Å². The van der Waals surface area contributed by atoms with Crippen LogP contribution in [0.15, 0.2) is 57.3 Å². The summed E-state index contributed by atoms with van der Waals surface area (Å²) in [6, 6.07) is 12.0. The van der Waals surface area contributed by atoms with Crippen LogP contribution in [0.2, 0.25) is 0 Å². The molecule has 158 valence electrons. The van der Waals surface area contributed by atoms with Gasteiger partial charge in [-0.05, 0) is 37.0 Å². The number of carbonyl (C=O) groups is 1. The molecule has 0 radical (unpaired) electrons. The number of nitrogens with zero attached hydrogens (tertiary/aromatic N) is 4. The maximum absolute atomic E-state index is 12.2. The number of furan rings is 1. The summed E-state index contributed by atoms with van der Waals surface area (Å²) in [6.07, 6.45) is 1.57. The maximum atomic E-state index is 12.2. The third-order valence-electron chi connectivity index (χ3n) is 4.60. The molecule has 0 aliphatic carbocycles. The van der Waals surface area contributed by atoms with Gasteiger partial charge in [-0.1, -0.05) is 56.8 Å². The van der Waals surface area contributed by atoms with Gasteiger partial charge in [0.2, 0.25) is 0 Å². The summed E-state index contributed by atoms with van der Waals surface area (Å²) < 4.78 is 7.26. The maximum Gasteiger partial charge on any atom is 0.250 e. The molecule has 30 heavy (non-hydrogen) atoms. The van der Waals surface area contributed by atoms with Gasteiger partial charge >= 0.3 is 0 Å². The molecule has 3 rings (SSSR count). The van der Waals surface area contributed by atoms with Crippen molar-refractivity contribution >= 4 is 23.4 Å². The quantitative estimate of drug-likeness (QED) is 0.342. The highest BCUT2D eigenvalue weighted by Gasteiger charge is 2.17. The van der Waals surface area contributed by atoms with E-state index >= 15 is 0 Å². The fraction of sp³-hybridized carbons (Fsp3) is 0.364. The first-order valence-corrected chi connectivity index (χ1v) is 10.8. The van der Waals surface area contributed by atoms with Gasteiger partial charge in [0, 0.05) is 12.1 Å². The lowest BCUT2D eigenvalue weighted by Gasteiger charge is -2.19. The second-order valence-corrected chi connectivity index (χ2v) is 8.82. The zero-order chi connectivity index (χ0) is 21.7. The van der Waals surface area contributed by atoms with Crippen LogP contribution >= 0.6 is 11.8 Å². The van der Waals surface area contributed by atoms with Crippen molar-refractivity contribution in [3.8, 4) is 11.4 Å². The largest absolute Gasteiger partial charge is 0.463 e. The van der Waals surface area contributed by atoms with Gasteiger partial charge in [-0.25, -0.2) is 5.43 Å². The summed E-state index contributed by atoms with van der Waals surface area (Å²) in [7, 11) is 0. The van der Waals surface area contributed by atoms with E-state index in [0.717, 1.165) is 11.4 Å². The molecule has 2 aromatic heterocycles. The molecule has 3 aromatic rings. The van der Waals surface area contributed by atoms with E-state index in [1.807, 2.05) is 11.5 Å². The minimum Gasteiger partial charge on any atom is -0.463 e. The smallest absolute Gasteiger partial charge is 0.250 e. The minimum absolute atomic E-state index is 0.100. The molecule has 0 fully saturated rings. The molecule has 7 nitrogen and oxygen atoms in total. The van der Waals surface area contributed by atoms with Crippen molar-refractivity contribution in [2.45, 2.75) is 51.7 Å². The molecule has 0 aliphatic rings. The Kier molecular flexibility index (Phi) is 6.77. The highest BCUT2D eigenvalue weighted by molar-refractivity contribution is 7.99. The van der Waals surface area contributed by atoms with Gasteiger partial charge in [0.05, 0.1) is 12.0 Å². The molecule has 0 bridgehead atoms. The van der Waals surface area contributed by atoms with Crippen molar-refractivity contribution in [2.24, 2.45) is 5.10 Å². The molecule has 1 amide bonds. The molecule has 2 heterocycles. The Labute approximate surface area is 181 Å². The molecule has 0 aliphatic heterocycles. The van der Waals surface area contributed by atoms with Crippen LogP contribution in [0.3, 0.4) is 0 Å². The zero-order valence-electron chi connectivity index (χ0n) is 18.0. The average Bonchev–Trinajstić information content (AvgIpc) is 3.39. The molecule has 1 aromatic carbocycles. The summed E-state index contributed by atoms with van der Waals surface area (Å²) in [4.78, 5) is 12.2. The van der Waals surface area contributed by atoms with Crippen LogP contribution in [-0.4, -0.2) is 32.1 Å².